The average Bonchev–Trinajstić information content (AvgIpc) is 2.14. The zero-order valence-corrected chi connectivity index (χ0v) is 11.1. The molecule has 17 heavy (non-hydrogen) atoms. The number of rotatable bonds is 1. The summed E-state index contributed by atoms with van der Waals surface area (Å²) in [5.74, 6) is 1.93. The van der Waals surface area contributed by atoms with Crippen LogP contribution in [0.15, 0.2) is 0 Å². The van der Waals surface area contributed by atoms with Gasteiger partial charge in [0.2, 0.25) is 0 Å². The Bertz CT molecular complexity index is 269. The highest BCUT2D eigenvalue weighted by Crippen LogP contribution is 2.31. The molecule has 1 aliphatic carbocycles. The fourth-order valence-corrected chi connectivity index (χ4v) is 2.65. The van der Waals surface area contributed by atoms with Crippen molar-refractivity contribution in [2.24, 2.45) is 11.8 Å². The van der Waals surface area contributed by atoms with Crippen LogP contribution in [0.3, 0.4) is 0 Å². The Morgan fingerprint density at radius 1 is 1.18 bits per heavy atom. The average molecular weight is 266 g/mol. The molecule has 2 bridgehead atoms. The summed E-state index contributed by atoms with van der Waals surface area (Å²) < 4.78 is 36.5. The van der Waals surface area contributed by atoms with Crippen LogP contribution in [0.5, 0.6) is 0 Å². The van der Waals surface area contributed by atoms with Gasteiger partial charge in [0.1, 0.15) is 18.8 Å². The quantitative estimate of drug-likeness (QED) is 0.492. The number of nitrogens with zero attached hydrogens (tertiary/aromatic N) is 1. The van der Waals surface area contributed by atoms with Crippen LogP contribution >= 0.6 is 0 Å². The van der Waals surface area contributed by atoms with E-state index in [9.17, 15) is 0 Å². The van der Waals surface area contributed by atoms with Crippen molar-refractivity contribution in [3.63, 3.8) is 0 Å². The van der Waals surface area contributed by atoms with Gasteiger partial charge < -0.3 is 0 Å². The Morgan fingerprint density at radius 3 is 2.24 bits per heavy atom. The molecule has 0 radical (unpaired) electrons. The van der Waals surface area contributed by atoms with Crippen LogP contribution in [0.4, 0.5) is 0 Å². The molecule has 0 aromatic heterocycles. The summed E-state index contributed by atoms with van der Waals surface area (Å²) in [6, 6.07) is 0.716. The van der Waals surface area contributed by atoms with Crippen LogP contribution < -0.4 is 18.6 Å². The first-order valence-corrected chi connectivity index (χ1v) is 7.21. The topological polar surface area (TPSA) is 95.2 Å². The van der Waals surface area contributed by atoms with Crippen molar-refractivity contribution >= 4 is 6.21 Å². The number of hydrogen-bond donors (Lipinski definition) is 0. The maximum absolute atomic E-state index is 8.49. The van der Waals surface area contributed by atoms with Crippen LogP contribution in [-0.2, 0) is 0 Å². The third kappa shape index (κ3) is 6.33. The van der Waals surface area contributed by atoms with Crippen molar-refractivity contribution in [3.8, 4) is 0 Å². The maximum atomic E-state index is 8.49. The van der Waals surface area contributed by atoms with Gasteiger partial charge in [0.05, 0.1) is 0 Å². The monoisotopic (exact) mass is 265 g/mol. The molecule has 2 aliphatic rings. The summed E-state index contributed by atoms with van der Waals surface area (Å²) in [6.45, 7) is 5.93. The summed E-state index contributed by atoms with van der Waals surface area (Å²) >= 11 is 0. The molecule has 0 spiro atoms. The fraction of sp³-hybridized carbons (Fsp3) is 0.909. The zero-order chi connectivity index (χ0) is 13.1. The van der Waals surface area contributed by atoms with E-state index in [1.165, 1.54) is 32.2 Å². The predicted octanol–water partition coefficient (Wildman–Crippen LogP) is -2.46. The van der Waals surface area contributed by atoms with Gasteiger partial charge in [0.25, 0.3) is 0 Å². The molecule has 1 aliphatic heterocycles. The lowest BCUT2D eigenvalue weighted by Crippen LogP contribution is -2.68. The second-order valence-corrected chi connectivity index (χ2v) is 5.87. The van der Waals surface area contributed by atoms with E-state index in [4.69, 9.17) is 18.6 Å². The van der Waals surface area contributed by atoms with Crippen molar-refractivity contribution < 1.29 is 33.5 Å². The lowest BCUT2D eigenvalue weighted by atomic mass is 9.79. The lowest BCUT2D eigenvalue weighted by molar-refractivity contribution is -2.00. The van der Waals surface area contributed by atoms with E-state index in [0.717, 1.165) is 11.8 Å². The van der Waals surface area contributed by atoms with Crippen LogP contribution in [0.1, 0.15) is 39.5 Å². The first kappa shape index (κ1) is 14.9. The highest BCUT2D eigenvalue weighted by molar-refractivity contribution is 5.56. The van der Waals surface area contributed by atoms with Gasteiger partial charge in [-0.25, -0.2) is 23.2 Å². The van der Waals surface area contributed by atoms with Crippen LogP contribution in [0.2, 0.25) is 0 Å². The van der Waals surface area contributed by atoms with Crippen molar-refractivity contribution in [2.45, 2.75) is 45.6 Å². The van der Waals surface area contributed by atoms with Gasteiger partial charge in [-0.3, -0.25) is 0 Å². The maximum Gasteiger partial charge on any atom is 0.146 e. The van der Waals surface area contributed by atoms with E-state index in [1.54, 1.807) is 0 Å². The Labute approximate surface area is 104 Å². The van der Waals surface area contributed by atoms with Crippen molar-refractivity contribution in [1.82, 2.24) is 0 Å². The Morgan fingerprint density at radius 2 is 1.76 bits per heavy atom. The minimum Gasteiger partial charge on any atom is -0.237 e. The molecule has 0 aromatic rings. The standard InChI is InChI=1S/C11H20N.ClHO4/c1-9(2)12-7-10-4-3-5-11(6-10)8-12;2-1(3,4)5/h7,9-11H,3-6,8H2,1-2H3;(H,2,3,4,5)/q+1;/p-1. The molecular formula is C11H20ClNO4. The van der Waals surface area contributed by atoms with Crippen LogP contribution in [-0.4, -0.2) is 23.4 Å². The molecule has 1 heterocycles. The molecular weight excluding hydrogens is 246 g/mol. The minimum absolute atomic E-state index is 0.716. The highest BCUT2D eigenvalue weighted by Gasteiger charge is 2.31. The van der Waals surface area contributed by atoms with Crippen LogP contribution in [0.25, 0.3) is 0 Å². The van der Waals surface area contributed by atoms with Gasteiger partial charge in [-0.15, -0.1) is 10.2 Å². The number of halogens is 1. The summed E-state index contributed by atoms with van der Waals surface area (Å²) in [6.07, 6.45) is 8.37. The molecule has 100 valence electrons. The van der Waals surface area contributed by atoms with E-state index in [1.807, 2.05) is 0 Å². The summed E-state index contributed by atoms with van der Waals surface area (Å²) in [5, 5.41) is 0. The van der Waals surface area contributed by atoms with Gasteiger partial charge in [0.15, 0.2) is 0 Å². The SMILES string of the molecule is CC(C)[N+]1=CC2CCCC(C2)C1.[O-][Cl+3]([O-])([O-])[O-]. The molecule has 6 heteroatoms. The molecule has 2 unspecified atom stereocenters. The minimum atomic E-state index is -4.94. The number of hydrogen-bond acceptors (Lipinski definition) is 4. The molecule has 5 nitrogen and oxygen atoms in total. The largest absolute Gasteiger partial charge is 0.237 e. The van der Waals surface area contributed by atoms with E-state index in [-0.39, 0.29) is 0 Å². The van der Waals surface area contributed by atoms with Crippen molar-refractivity contribution in [2.75, 3.05) is 6.54 Å². The second kappa shape index (κ2) is 6.11. The van der Waals surface area contributed by atoms with Gasteiger partial charge >= 0.3 is 0 Å². The van der Waals surface area contributed by atoms with E-state index < -0.39 is 10.2 Å². The van der Waals surface area contributed by atoms with Gasteiger partial charge in [0, 0.05) is 11.8 Å². The van der Waals surface area contributed by atoms with Crippen LogP contribution in [0, 0.1) is 22.1 Å². The first-order valence-electron chi connectivity index (χ1n) is 5.98. The third-order valence-electron chi connectivity index (χ3n) is 3.36. The zero-order valence-electron chi connectivity index (χ0n) is 10.3. The van der Waals surface area contributed by atoms with Gasteiger partial charge in [-0.05, 0) is 33.1 Å². The first-order chi connectivity index (χ1) is 7.75. The Balaban J connectivity index is 0.000000249. The number of fused-ring (bicyclic) bond motifs is 2. The predicted molar refractivity (Wildman–Crippen MR) is 51.8 cm³/mol. The highest BCUT2D eigenvalue weighted by atomic mass is 35.7. The Kier molecular flexibility index (Phi) is 5.34. The Hall–Kier alpha value is -0.200. The molecule has 0 N–H and O–H groups in total. The van der Waals surface area contributed by atoms with E-state index in [2.05, 4.69) is 24.6 Å². The summed E-state index contributed by atoms with van der Waals surface area (Å²) in [4.78, 5) is 0. The molecule has 1 fully saturated rings. The summed E-state index contributed by atoms with van der Waals surface area (Å²) in [7, 11) is -4.94. The summed E-state index contributed by atoms with van der Waals surface area (Å²) in [5.41, 5.74) is 0. The molecule has 1 saturated carbocycles. The molecule has 0 aromatic carbocycles. The van der Waals surface area contributed by atoms with Gasteiger partial charge in [-0.2, -0.15) is 0 Å². The normalized spacial score (nSPS) is 28.3. The molecule has 2 atom stereocenters. The molecule has 0 saturated heterocycles. The van der Waals surface area contributed by atoms with E-state index in [0.29, 0.717) is 6.04 Å². The molecule has 0 amide bonds. The van der Waals surface area contributed by atoms with Gasteiger partial charge in [-0.1, -0.05) is 6.42 Å². The third-order valence-corrected chi connectivity index (χ3v) is 3.36. The van der Waals surface area contributed by atoms with E-state index >= 15 is 0 Å². The van der Waals surface area contributed by atoms with Crippen molar-refractivity contribution in [3.05, 3.63) is 0 Å². The van der Waals surface area contributed by atoms with Crippen molar-refractivity contribution in [1.29, 1.82) is 0 Å². The smallest absolute Gasteiger partial charge is 0.146 e. The molecule has 2 rings (SSSR count). The lowest BCUT2D eigenvalue weighted by Gasteiger charge is -2.30. The fourth-order valence-electron chi connectivity index (χ4n) is 2.65. The second-order valence-electron chi connectivity index (χ2n) is 5.11.